The minimum Gasteiger partial charge on any atom is -0.497 e. The summed E-state index contributed by atoms with van der Waals surface area (Å²) in [5.41, 5.74) is 0. The molecule has 1 aromatic rings. The van der Waals surface area contributed by atoms with E-state index in [1.807, 2.05) is 11.8 Å². The van der Waals surface area contributed by atoms with E-state index in [2.05, 4.69) is 0 Å². The van der Waals surface area contributed by atoms with Crippen LogP contribution in [0.15, 0.2) is 29.2 Å². The predicted octanol–water partition coefficient (Wildman–Crippen LogP) is 0.783. The van der Waals surface area contributed by atoms with Gasteiger partial charge in [-0.15, -0.1) is 0 Å². The van der Waals surface area contributed by atoms with Crippen molar-refractivity contribution in [3.05, 3.63) is 24.3 Å². The summed E-state index contributed by atoms with van der Waals surface area (Å²) in [5.74, 6) is 0.567. The molecule has 0 saturated carbocycles. The lowest BCUT2D eigenvalue weighted by molar-refractivity contribution is 0.209. The molecule has 0 spiro atoms. The molecule has 0 heterocycles. The largest absolute Gasteiger partial charge is 0.497 e. The molecule has 1 rings (SSSR count). The Bertz CT molecular complexity index is 487. The first-order chi connectivity index (χ1) is 9.03. The molecule has 0 radical (unpaired) electrons. The maximum atomic E-state index is 12.2. The number of hydrogen-bond donors (Lipinski definition) is 1. The molecule has 0 aromatic heterocycles. The van der Waals surface area contributed by atoms with Crippen molar-refractivity contribution in [3.8, 4) is 5.75 Å². The number of benzene rings is 1. The summed E-state index contributed by atoms with van der Waals surface area (Å²) in [6.45, 7) is 3.59. The van der Waals surface area contributed by atoms with Crippen molar-refractivity contribution in [1.82, 2.24) is 4.90 Å². The number of ether oxygens (including phenoxy) is 1. The number of aliphatic hydroxyl groups excluding tert-OH is 1. The first-order valence-electron chi connectivity index (χ1n) is 6.23. The van der Waals surface area contributed by atoms with Crippen LogP contribution in [0, 0.1) is 0 Å². The molecular weight excluding hydrogens is 266 g/mol. The number of nitrogens with zero attached hydrogens (tertiary/aromatic N) is 1. The zero-order valence-electron chi connectivity index (χ0n) is 11.4. The highest BCUT2D eigenvalue weighted by molar-refractivity contribution is 7.91. The molecular formula is C13H21NO4S. The van der Waals surface area contributed by atoms with Gasteiger partial charge in [0.05, 0.1) is 24.4 Å². The van der Waals surface area contributed by atoms with E-state index in [0.717, 1.165) is 0 Å². The summed E-state index contributed by atoms with van der Waals surface area (Å²) in [6, 6.07) is 6.47. The molecule has 0 unspecified atom stereocenters. The van der Waals surface area contributed by atoms with Gasteiger partial charge in [0.2, 0.25) is 0 Å². The summed E-state index contributed by atoms with van der Waals surface area (Å²) in [4.78, 5) is 2.17. The van der Waals surface area contributed by atoms with Crippen LogP contribution >= 0.6 is 0 Å². The standard InChI is InChI=1S/C13H21NO4S/c1-3-14(7-9-15)8-10-19(16,17)13-6-4-5-12(11-13)18-2/h4-6,11,15H,3,7-10H2,1-2H3. The van der Waals surface area contributed by atoms with Gasteiger partial charge in [-0.3, -0.25) is 0 Å². The van der Waals surface area contributed by atoms with E-state index >= 15 is 0 Å². The van der Waals surface area contributed by atoms with Gasteiger partial charge in [-0.2, -0.15) is 0 Å². The molecule has 0 atom stereocenters. The Morgan fingerprint density at radius 2 is 2.05 bits per heavy atom. The molecule has 1 N–H and O–H groups in total. The average Bonchev–Trinajstić information content (AvgIpc) is 2.43. The van der Waals surface area contributed by atoms with Crippen LogP contribution in [0.5, 0.6) is 5.75 Å². The van der Waals surface area contributed by atoms with Gasteiger partial charge in [-0.05, 0) is 24.7 Å². The van der Waals surface area contributed by atoms with E-state index in [4.69, 9.17) is 9.84 Å². The fourth-order valence-electron chi connectivity index (χ4n) is 1.73. The van der Waals surface area contributed by atoms with Crippen molar-refractivity contribution in [1.29, 1.82) is 0 Å². The maximum Gasteiger partial charge on any atom is 0.179 e. The lowest BCUT2D eigenvalue weighted by Crippen LogP contribution is -2.31. The highest BCUT2D eigenvalue weighted by atomic mass is 32.2. The quantitative estimate of drug-likeness (QED) is 0.765. The maximum absolute atomic E-state index is 12.2. The molecule has 0 aliphatic carbocycles. The molecule has 19 heavy (non-hydrogen) atoms. The van der Waals surface area contributed by atoms with Gasteiger partial charge in [0, 0.05) is 13.1 Å². The van der Waals surface area contributed by atoms with Crippen LogP contribution < -0.4 is 4.74 Å². The van der Waals surface area contributed by atoms with Gasteiger partial charge in [0.25, 0.3) is 0 Å². The molecule has 0 aliphatic heterocycles. The van der Waals surface area contributed by atoms with Crippen LogP contribution in [0.25, 0.3) is 0 Å². The number of rotatable bonds is 8. The van der Waals surface area contributed by atoms with E-state index in [-0.39, 0.29) is 17.3 Å². The van der Waals surface area contributed by atoms with Gasteiger partial charge >= 0.3 is 0 Å². The van der Waals surface area contributed by atoms with Crippen molar-refractivity contribution < 1.29 is 18.3 Å². The normalized spacial score (nSPS) is 11.8. The molecule has 1 aromatic carbocycles. The van der Waals surface area contributed by atoms with Gasteiger partial charge in [-0.25, -0.2) is 8.42 Å². The smallest absolute Gasteiger partial charge is 0.179 e. The molecule has 0 bridgehead atoms. The summed E-state index contributed by atoms with van der Waals surface area (Å²) < 4.78 is 29.4. The number of methoxy groups -OCH3 is 1. The zero-order valence-corrected chi connectivity index (χ0v) is 12.2. The predicted molar refractivity (Wildman–Crippen MR) is 74.2 cm³/mol. The fraction of sp³-hybridized carbons (Fsp3) is 0.538. The Balaban J connectivity index is 2.74. The number of likely N-dealkylation sites (N-methyl/N-ethyl adjacent to an activating group) is 1. The summed E-state index contributed by atoms with van der Waals surface area (Å²) in [7, 11) is -1.81. The first kappa shape index (κ1) is 15.9. The molecule has 6 heteroatoms. The second-order valence-corrected chi connectivity index (χ2v) is 6.26. The van der Waals surface area contributed by atoms with E-state index < -0.39 is 9.84 Å². The fourth-order valence-corrected chi connectivity index (χ4v) is 3.05. The van der Waals surface area contributed by atoms with Crippen molar-refractivity contribution in [2.75, 3.05) is 39.1 Å². The van der Waals surface area contributed by atoms with Crippen molar-refractivity contribution in [2.45, 2.75) is 11.8 Å². The second-order valence-electron chi connectivity index (χ2n) is 4.16. The van der Waals surface area contributed by atoms with E-state index in [1.54, 1.807) is 18.2 Å². The Labute approximate surface area is 114 Å². The highest BCUT2D eigenvalue weighted by Crippen LogP contribution is 2.18. The third kappa shape index (κ3) is 4.81. The molecule has 0 fully saturated rings. The Kier molecular flexibility index (Phi) is 6.27. The van der Waals surface area contributed by atoms with E-state index in [9.17, 15) is 8.42 Å². The summed E-state index contributed by atoms with van der Waals surface area (Å²) in [5, 5.41) is 8.87. The molecule has 5 nitrogen and oxygen atoms in total. The molecule has 0 aliphatic rings. The Morgan fingerprint density at radius 1 is 1.32 bits per heavy atom. The zero-order chi connectivity index (χ0) is 14.3. The van der Waals surface area contributed by atoms with Crippen LogP contribution in [0.1, 0.15) is 6.92 Å². The van der Waals surface area contributed by atoms with Gasteiger partial charge in [0.15, 0.2) is 9.84 Å². The SMILES string of the molecule is CCN(CCO)CCS(=O)(=O)c1cccc(OC)c1. The Hall–Kier alpha value is -1.11. The molecule has 108 valence electrons. The van der Waals surface area contributed by atoms with Gasteiger partial charge < -0.3 is 14.7 Å². The number of aliphatic hydroxyl groups is 1. The van der Waals surface area contributed by atoms with Crippen LogP contribution in [0.3, 0.4) is 0 Å². The van der Waals surface area contributed by atoms with Crippen molar-refractivity contribution in [3.63, 3.8) is 0 Å². The lowest BCUT2D eigenvalue weighted by Gasteiger charge is -2.18. The van der Waals surface area contributed by atoms with Crippen molar-refractivity contribution >= 4 is 9.84 Å². The minimum atomic E-state index is -3.32. The lowest BCUT2D eigenvalue weighted by atomic mass is 10.3. The Morgan fingerprint density at radius 3 is 2.63 bits per heavy atom. The van der Waals surface area contributed by atoms with E-state index in [0.29, 0.717) is 25.4 Å². The van der Waals surface area contributed by atoms with Crippen LogP contribution in [0.2, 0.25) is 0 Å². The summed E-state index contributed by atoms with van der Waals surface area (Å²) in [6.07, 6.45) is 0. The highest BCUT2D eigenvalue weighted by Gasteiger charge is 2.16. The average molecular weight is 287 g/mol. The molecule has 0 amide bonds. The number of hydrogen-bond acceptors (Lipinski definition) is 5. The third-order valence-corrected chi connectivity index (χ3v) is 4.63. The number of sulfone groups is 1. The van der Waals surface area contributed by atoms with Crippen molar-refractivity contribution in [2.24, 2.45) is 0 Å². The summed E-state index contributed by atoms with van der Waals surface area (Å²) >= 11 is 0. The monoisotopic (exact) mass is 287 g/mol. The van der Waals surface area contributed by atoms with Gasteiger partial charge in [-0.1, -0.05) is 13.0 Å². The van der Waals surface area contributed by atoms with Crippen LogP contribution in [-0.4, -0.2) is 57.5 Å². The second kappa shape index (κ2) is 7.47. The van der Waals surface area contributed by atoms with Gasteiger partial charge in [0.1, 0.15) is 5.75 Å². The minimum absolute atomic E-state index is 0.0348. The topological polar surface area (TPSA) is 66.8 Å². The van der Waals surface area contributed by atoms with Crippen LogP contribution in [0.4, 0.5) is 0 Å². The molecule has 0 saturated heterocycles. The van der Waals surface area contributed by atoms with E-state index in [1.165, 1.54) is 13.2 Å². The first-order valence-corrected chi connectivity index (χ1v) is 7.88. The van der Waals surface area contributed by atoms with Crippen LogP contribution in [-0.2, 0) is 9.84 Å². The third-order valence-electron chi connectivity index (χ3n) is 2.94.